The van der Waals surface area contributed by atoms with Crippen LogP contribution in [0.4, 0.5) is 26.2 Å². The minimum atomic E-state index is -1.73. The average molecular weight is 573 g/mol. The molecular weight excluding hydrogens is 556 g/mol. The Kier molecular flexibility index (Phi) is 9.02. The van der Waals surface area contributed by atoms with Crippen molar-refractivity contribution in [3.63, 3.8) is 0 Å². The normalized spacial score (nSPS) is 11.0. The van der Waals surface area contributed by atoms with Crippen LogP contribution in [0, 0.1) is 15.9 Å². The number of amides is 2. The van der Waals surface area contributed by atoms with E-state index in [-0.39, 0.29) is 11.3 Å². The quantitative estimate of drug-likeness (QED) is 0.184. The molecule has 188 valence electrons. The van der Waals surface area contributed by atoms with Crippen LogP contribution >= 0.6 is 46.6 Å². The summed E-state index contributed by atoms with van der Waals surface area (Å²) in [5.74, 6) is -1.04. The molecule has 36 heavy (non-hydrogen) atoms. The van der Waals surface area contributed by atoms with Gasteiger partial charge in [0.2, 0.25) is 3.79 Å². The lowest BCUT2D eigenvalue weighted by molar-refractivity contribution is -0.387. The Balaban J connectivity index is 1.72. The number of carbonyl (C=O) groups excluding carboxylic acids is 2. The molecule has 0 radical (unpaired) electrons. The molecule has 0 aromatic heterocycles. The smallest absolute Gasteiger partial charge is 0.411 e. The van der Waals surface area contributed by atoms with Crippen LogP contribution in [0.15, 0.2) is 76.5 Å². The number of anilines is 2. The summed E-state index contributed by atoms with van der Waals surface area (Å²) in [4.78, 5) is 37.9. The number of ether oxygens (including phenoxy) is 1. The average Bonchev–Trinajstić information content (AvgIpc) is 2.82. The fourth-order valence-electron chi connectivity index (χ4n) is 2.91. The Morgan fingerprint density at radius 1 is 1.11 bits per heavy atom. The lowest BCUT2D eigenvalue weighted by Crippen LogP contribution is -2.26. The van der Waals surface area contributed by atoms with Gasteiger partial charge in [-0.1, -0.05) is 52.6 Å². The number of hydrogen-bond acceptors (Lipinski definition) is 6. The van der Waals surface area contributed by atoms with E-state index in [1.165, 1.54) is 48.3 Å². The van der Waals surface area contributed by atoms with Crippen molar-refractivity contribution in [1.82, 2.24) is 0 Å². The first-order chi connectivity index (χ1) is 16.9. The molecule has 0 spiro atoms. The van der Waals surface area contributed by atoms with E-state index in [1.54, 1.807) is 30.3 Å². The Bertz CT molecular complexity index is 1290. The minimum Gasteiger partial charge on any atom is -0.445 e. The fourth-order valence-corrected chi connectivity index (χ4v) is 3.97. The first kappa shape index (κ1) is 27.5. The second-order valence-corrected chi connectivity index (χ2v) is 10.9. The second-order valence-electron chi connectivity index (χ2n) is 7.23. The fraction of sp³-hybridized carbons (Fsp3) is 0.130. The standard InChI is InChI=1S/C23H17Cl3FN3O5S/c1-29(17-4-2-3-15(27)12-17)21(31)14-5-10-20(19(11-14)30(33)34)36-18-8-6-16(7-9-18)28-22(32)35-13-23(24,25)26/h2-12H,13H2,1H3,(H,28,32). The van der Waals surface area contributed by atoms with Crippen molar-refractivity contribution in [2.75, 3.05) is 23.9 Å². The third-order valence-corrected chi connectivity index (χ3v) is 6.00. The summed E-state index contributed by atoms with van der Waals surface area (Å²) >= 11 is 17.7. The number of hydrogen-bond donors (Lipinski definition) is 1. The number of benzene rings is 3. The third-order valence-electron chi connectivity index (χ3n) is 4.60. The molecule has 0 bridgehead atoms. The van der Waals surface area contributed by atoms with Crippen molar-refractivity contribution in [3.05, 3.63) is 88.2 Å². The van der Waals surface area contributed by atoms with Crippen LogP contribution in [0.3, 0.4) is 0 Å². The van der Waals surface area contributed by atoms with Gasteiger partial charge in [0.05, 0.1) is 9.82 Å². The molecule has 8 nitrogen and oxygen atoms in total. The van der Waals surface area contributed by atoms with Crippen molar-refractivity contribution in [2.45, 2.75) is 13.6 Å². The van der Waals surface area contributed by atoms with Crippen molar-refractivity contribution in [3.8, 4) is 0 Å². The van der Waals surface area contributed by atoms with Gasteiger partial charge in [0.15, 0.2) is 0 Å². The monoisotopic (exact) mass is 571 g/mol. The highest BCUT2D eigenvalue weighted by atomic mass is 35.6. The number of carbonyl (C=O) groups is 2. The zero-order valence-electron chi connectivity index (χ0n) is 18.4. The Labute approximate surface area is 224 Å². The first-order valence-corrected chi connectivity index (χ1v) is 12.0. The lowest BCUT2D eigenvalue weighted by atomic mass is 10.1. The van der Waals surface area contributed by atoms with Gasteiger partial charge in [0.25, 0.3) is 11.6 Å². The summed E-state index contributed by atoms with van der Waals surface area (Å²) < 4.78 is 16.6. The predicted octanol–water partition coefficient (Wildman–Crippen LogP) is 7.08. The third kappa shape index (κ3) is 7.72. The molecule has 13 heteroatoms. The van der Waals surface area contributed by atoms with E-state index in [9.17, 15) is 24.1 Å². The molecule has 0 saturated heterocycles. The molecule has 0 aliphatic rings. The highest BCUT2D eigenvalue weighted by Crippen LogP contribution is 2.36. The van der Waals surface area contributed by atoms with Crippen LogP contribution < -0.4 is 10.2 Å². The molecule has 2 amide bonds. The Hall–Kier alpha value is -3.05. The van der Waals surface area contributed by atoms with E-state index in [2.05, 4.69) is 5.32 Å². The maximum Gasteiger partial charge on any atom is 0.411 e. The summed E-state index contributed by atoms with van der Waals surface area (Å²) in [6.45, 7) is -0.433. The first-order valence-electron chi connectivity index (χ1n) is 10.0. The minimum absolute atomic E-state index is 0.0747. The van der Waals surface area contributed by atoms with Gasteiger partial charge >= 0.3 is 6.09 Å². The molecule has 0 fully saturated rings. The summed E-state index contributed by atoms with van der Waals surface area (Å²) in [5, 5.41) is 14.2. The van der Waals surface area contributed by atoms with Gasteiger partial charge < -0.3 is 9.64 Å². The number of halogens is 4. The molecule has 3 aromatic rings. The number of nitro benzene ring substituents is 1. The van der Waals surface area contributed by atoms with Gasteiger partial charge in [0.1, 0.15) is 12.4 Å². The van der Waals surface area contributed by atoms with Crippen molar-refractivity contribution in [2.24, 2.45) is 0 Å². The van der Waals surface area contributed by atoms with Gasteiger partial charge in [-0.3, -0.25) is 20.2 Å². The SMILES string of the molecule is CN(C(=O)c1ccc(Sc2ccc(NC(=O)OCC(Cl)(Cl)Cl)cc2)c([N+](=O)[O-])c1)c1cccc(F)c1. The summed E-state index contributed by atoms with van der Waals surface area (Å²) in [7, 11) is 1.45. The van der Waals surface area contributed by atoms with Crippen LogP contribution in [-0.4, -0.2) is 34.4 Å². The molecule has 1 N–H and O–H groups in total. The van der Waals surface area contributed by atoms with Gasteiger partial charge in [-0.15, -0.1) is 0 Å². The lowest BCUT2D eigenvalue weighted by Gasteiger charge is -2.17. The molecule has 0 aliphatic carbocycles. The number of alkyl halides is 3. The molecule has 0 heterocycles. The van der Waals surface area contributed by atoms with Crippen LogP contribution in [0.25, 0.3) is 0 Å². The van der Waals surface area contributed by atoms with E-state index in [4.69, 9.17) is 39.5 Å². The van der Waals surface area contributed by atoms with Crippen LogP contribution in [0.1, 0.15) is 10.4 Å². The molecule has 0 unspecified atom stereocenters. The Morgan fingerprint density at radius 3 is 2.42 bits per heavy atom. The van der Waals surface area contributed by atoms with Gasteiger partial charge in [-0.05, 0) is 54.6 Å². The molecule has 0 atom stereocenters. The van der Waals surface area contributed by atoms with Gasteiger partial charge in [0, 0.05) is 34.9 Å². The van der Waals surface area contributed by atoms with E-state index in [1.807, 2.05) is 0 Å². The maximum absolute atomic E-state index is 13.5. The molecule has 3 aromatic carbocycles. The number of rotatable bonds is 7. The van der Waals surface area contributed by atoms with Crippen LogP contribution in [0.5, 0.6) is 0 Å². The molecular formula is C23H17Cl3FN3O5S. The highest BCUT2D eigenvalue weighted by Gasteiger charge is 2.23. The predicted molar refractivity (Wildman–Crippen MR) is 138 cm³/mol. The van der Waals surface area contributed by atoms with Crippen molar-refractivity contribution < 1.29 is 23.6 Å². The zero-order chi connectivity index (χ0) is 26.5. The Morgan fingerprint density at radius 2 is 1.81 bits per heavy atom. The topological polar surface area (TPSA) is 102 Å². The molecule has 3 rings (SSSR count). The number of nitrogens with one attached hydrogen (secondary N) is 1. The summed E-state index contributed by atoms with van der Waals surface area (Å²) in [5.41, 5.74) is 0.511. The van der Waals surface area contributed by atoms with Crippen LogP contribution in [0.2, 0.25) is 0 Å². The van der Waals surface area contributed by atoms with E-state index >= 15 is 0 Å². The highest BCUT2D eigenvalue weighted by molar-refractivity contribution is 7.99. The van der Waals surface area contributed by atoms with Gasteiger partial charge in [-0.25, -0.2) is 9.18 Å². The summed E-state index contributed by atoms with van der Waals surface area (Å²) in [6.07, 6.45) is -0.819. The van der Waals surface area contributed by atoms with Crippen molar-refractivity contribution in [1.29, 1.82) is 0 Å². The van der Waals surface area contributed by atoms with Crippen LogP contribution in [-0.2, 0) is 4.74 Å². The molecule has 0 aliphatic heterocycles. The second kappa shape index (κ2) is 11.8. The van der Waals surface area contributed by atoms with E-state index < -0.39 is 33.1 Å². The van der Waals surface area contributed by atoms with E-state index in [0.717, 1.165) is 11.8 Å². The molecule has 0 saturated carbocycles. The van der Waals surface area contributed by atoms with Crippen molar-refractivity contribution >= 4 is 75.6 Å². The van der Waals surface area contributed by atoms with Gasteiger partial charge in [-0.2, -0.15) is 0 Å². The number of nitrogens with zero attached hydrogens (tertiary/aromatic N) is 2. The van der Waals surface area contributed by atoms with E-state index in [0.29, 0.717) is 21.2 Å². The number of nitro groups is 1. The zero-order valence-corrected chi connectivity index (χ0v) is 21.5. The summed E-state index contributed by atoms with van der Waals surface area (Å²) in [6, 6.07) is 16.0. The largest absolute Gasteiger partial charge is 0.445 e. The maximum atomic E-state index is 13.5.